The molecule has 0 aliphatic rings. The van der Waals surface area contributed by atoms with Gasteiger partial charge in [0.2, 0.25) is 0 Å². The van der Waals surface area contributed by atoms with Gasteiger partial charge in [0.25, 0.3) is 5.91 Å². The van der Waals surface area contributed by atoms with Gasteiger partial charge in [-0.3, -0.25) is 14.2 Å². The molecule has 0 N–H and O–H groups in total. The Bertz CT molecular complexity index is 768. The molecule has 0 saturated carbocycles. The van der Waals surface area contributed by atoms with Gasteiger partial charge < -0.3 is 0 Å². The van der Waals surface area contributed by atoms with E-state index in [-0.39, 0.29) is 11.3 Å². The van der Waals surface area contributed by atoms with E-state index >= 15 is 0 Å². The second-order valence-electron chi connectivity index (χ2n) is 4.73. The maximum Gasteiger partial charge on any atom is 0.408 e. The van der Waals surface area contributed by atoms with E-state index in [9.17, 15) is 18.0 Å². The van der Waals surface area contributed by atoms with E-state index in [1.165, 1.54) is 13.1 Å². The molecular weight excluding hydrogens is 311 g/mol. The highest BCUT2D eigenvalue weighted by Gasteiger charge is 2.30. The monoisotopic (exact) mass is 325 g/mol. The van der Waals surface area contributed by atoms with Crippen LogP contribution in [-0.4, -0.2) is 31.6 Å². The first-order valence-electron chi connectivity index (χ1n) is 6.62. The third-order valence-electron chi connectivity index (χ3n) is 2.97. The standard InChI is InChI=1S/C14H14F3N5O/c1-3-5-21-6-4-11(7-18-21)20-13(23)12-8-19-22(10(12)2)9-14(15,16)17/h3-4,6-8H,1,5,9H2,2H3. The molecule has 0 radical (unpaired) electrons. The molecule has 2 heterocycles. The molecule has 0 bridgehead atoms. The smallest absolute Gasteiger partial charge is 0.269 e. The fourth-order valence-electron chi connectivity index (χ4n) is 1.85. The molecule has 0 atom stereocenters. The van der Waals surface area contributed by atoms with Crippen molar-refractivity contribution in [2.75, 3.05) is 0 Å². The Morgan fingerprint density at radius 3 is 2.70 bits per heavy atom. The van der Waals surface area contributed by atoms with Gasteiger partial charge in [-0.05, 0) is 13.0 Å². The summed E-state index contributed by atoms with van der Waals surface area (Å²) in [5.41, 5.74) is 0.138. The first-order chi connectivity index (χ1) is 10.8. The lowest BCUT2D eigenvalue weighted by Gasteiger charge is -2.07. The first kappa shape index (κ1) is 16.7. The summed E-state index contributed by atoms with van der Waals surface area (Å²) in [6.07, 6.45) is 1.34. The second kappa shape index (κ2) is 6.59. The van der Waals surface area contributed by atoms with Crippen LogP contribution in [0.25, 0.3) is 0 Å². The average molecular weight is 325 g/mol. The van der Waals surface area contributed by atoms with Crippen molar-refractivity contribution in [1.82, 2.24) is 19.6 Å². The molecule has 2 aromatic rings. The van der Waals surface area contributed by atoms with E-state index < -0.39 is 18.6 Å². The van der Waals surface area contributed by atoms with Crippen molar-refractivity contribution >= 4 is 5.91 Å². The predicted molar refractivity (Wildman–Crippen MR) is 75.3 cm³/mol. The third kappa shape index (κ3) is 4.38. The van der Waals surface area contributed by atoms with E-state index in [2.05, 4.69) is 21.8 Å². The van der Waals surface area contributed by atoms with Crippen LogP contribution in [0.2, 0.25) is 0 Å². The summed E-state index contributed by atoms with van der Waals surface area (Å²) in [7, 11) is 0. The highest BCUT2D eigenvalue weighted by molar-refractivity contribution is 5.95. The Kier molecular flexibility index (Phi) is 4.77. The Hall–Kier alpha value is -2.71. The first-order valence-corrected chi connectivity index (χ1v) is 6.62. The molecule has 23 heavy (non-hydrogen) atoms. The minimum atomic E-state index is -4.41. The van der Waals surface area contributed by atoms with Crippen LogP contribution in [0.4, 0.5) is 13.2 Å². The Morgan fingerprint density at radius 2 is 2.13 bits per heavy atom. The lowest BCUT2D eigenvalue weighted by molar-refractivity contribution is -0.142. The molecule has 9 heteroatoms. The zero-order chi connectivity index (χ0) is 17.0. The van der Waals surface area contributed by atoms with E-state index in [1.54, 1.807) is 23.0 Å². The molecule has 2 rings (SSSR count). The number of halogens is 3. The molecule has 1 amide bonds. The number of aromatic nitrogens is 4. The number of carbonyl (C=O) groups excluding carboxylic acids is 1. The summed E-state index contributed by atoms with van der Waals surface area (Å²) in [4.78, 5) is 15.9. The summed E-state index contributed by atoms with van der Waals surface area (Å²) in [6, 6.07) is 1.57. The summed E-state index contributed by atoms with van der Waals surface area (Å²) in [5.74, 6) is -0.667. The van der Waals surface area contributed by atoms with Crippen molar-refractivity contribution in [3.63, 3.8) is 0 Å². The van der Waals surface area contributed by atoms with Crippen LogP contribution in [0.3, 0.4) is 0 Å². The Morgan fingerprint density at radius 1 is 1.39 bits per heavy atom. The molecule has 0 aliphatic heterocycles. The number of nitrogens with zero attached hydrogens (tertiary/aromatic N) is 5. The van der Waals surface area contributed by atoms with Crippen LogP contribution in [0.1, 0.15) is 16.1 Å². The maximum absolute atomic E-state index is 12.4. The van der Waals surface area contributed by atoms with Gasteiger partial charge in [-0.1, -0.05) is 6.08 Å². The molecule has 0 fully saturated rings. The van der Waals surface area contributed by atoms with Crippen molar-refractivity contribution in [2.24, 2.45) is 4.99 Å². The normalized spacial score (nSPS) is 12.4. The SMILES string of the molecule is C=CCn1ccc(=NC(=O)c2cnn(CC(F)(F)F)c2C)cn1. The van der Waals surface area contributed by atoms with Gasteiger partial charge in [0.15, 0.2) is 0 Å². The zero-order valence-electron chi connectivity index (χ0n) is 12.3. The van der Waals surface area contributed by atoms with Gasteiger partial charge in [0, 0.05) is 11.9 Å². The topological polar surface area (TPSA) is 65.1 Å². The van der Waals surface area contributed by atoms with Crippen LogP contribution < -0.4 is 5.36 Å². The second-order valence-corrected chi connectivity index (χ2v) is 4.73. The van der Waals surface area contributed by atoms with Gasteiger partial charge in [-0.2, -0.15) is 23.4 Å². The summed E-state index contributed by atoms with van der Waals surface area (Å²) in [6.45, 7) is 4.23. The molecule has 2 aromatic heterocycles. The largest absolute Gasteiger partial charge is 0.408 e. The molecule has 0 unspecified atom stereocenters. The van der Waals surface area contributed by atoms with E-state index in [0.29, 0.717) is 11.9 Å². The number of amides is 1. The highest BCUT2D eigenvalue weighted by Crippen LogP contribution is 2.19. The Labute approximate surface area is 129 Å². The minimum Gasteiger partial charge on any atom is -0.269 e. The van der Waals surface area contributed by atoms with Crippen LogP contribution in [-0.2, 0) is 13.1 Å². The predicted octanol–water partition coefficient (Wildman–Crippen LogP) is 1.88. The van der Waals surface area contributed by atoms with Crippen molar-refractivity contribution in [1.29, 1.82) is 0 Å². The van der Waals surface area contributed by atoms with E-state index in [1.807, 2.05) is 0 Å². The minimum absolute atomic E-state index is 0.0251. The summed E-state index contributed by atoms with van der Waals surface area (Å²) in [5, 5.41) is 7.91. The van der Waals surface area contributed by atoms with Crippen LogP contribution in [0.5, 0.6) is 0 Å². The molecule has 0 aromatic carbocycles. The average Bonchev–Trinajstić information content (AvgIpc) is 2.81. The van der Waals surface area contributed by atoms with E-state index in [4.69, 9.17) is 0 Å². The maximum atomic E-state index is 12.4. The lowest BCUT2D eigenvalue weighted by Crippen LogP contribution is -2.20. The fraction of sp³-hybridized carbons (Fsp3) is 0.286. The molecule has 6 nitrogen and oxygen atoms in total. The number of rotatable bonds is 4. The van der Waals surface area contributed by atoms with Crippen molar-refractivity contribution in [3.05, 3.63) is 53.9 Å². The van der Waals surface area contributed by atoms with Crippen molar-refractivity contribution in [2.45, 2.75) is 26.2 Å². The van der Waals surface area contributed by atoms with Crippen LogP contribution in [0.15, 0.2) is 42.3 Å². The molecular formula is C14H14F3N5O. The fourth-order valence-corrected chi connectivity index (χ4v) is 1.85. The van der Waals surface area contributed by atoms with Gasteiger partial charge in [0.05, 0.1) is 29.9 Å². The number of carbonyl (C=O) groups is 1. The van der Waals surface area contributed by atoms with Gasteiger partial charge in [-0.15, -0.1) is 6.58 Å². The number of hydrogen-bond donors (Lipinski definition) is 0. The molecule has 122 valence electrons. The van der Waals surface area contributed by atoms with Crippen LogP contribution in [0, 0.1) is 6.92 Å². The van der Waals surface area contributed by atoms with Crippen molar-refractivity contribution in [3.8, 4) is 0 Å². The van der Waals surface area contributed by atoms with Gasteiger partial charge in [-0.25, -0.2) is 4.99 Å². The summed E-state index contributed by atoms with van der Waals surface area (Å²) < 4.78 is 39.5. The van der Waals surface area contributed by atoms with Gasteiger partial charge >= 0.3 is 6.18 Å². The van der Waals surface area contributed by atoms with E-state index in [0.717, 1.165) is 10.9 Å². The van der Waals surface area contributed by atoms with Crippen molar-refractivity contribution < 1.29 is 18.0 Å². The molecule has 0 aliphatic carbocycles. The highest BCUT2D eigenvalue weighted by atomic mass is 19.4. The zero-order valence-corrected chi connectivity index (χ0v) is 12.3. The van der Waals surface area contributed by atoms with Crippen LogP contribution >= 0.6 is 0 Å². The number of allylic oxidation sites excluding steroid dienone is 1. The molecule has 0 spiro atoms. The summed E-state index contributed by atoms with van der Waals surface area (Å²) >= 11 is 0. The lowest BCUT2D eigenvalue weighted by atomic mass is 10.2. The third-order valence-corrected chi connectivity index (χ3v) is 2.97. The van der Waals surface area contributed by atoms with Gasteiger partial charge in [0.1, 0.15) is 6.54 Å². The molecule has 0 saturated heterocycles. The number of hydrogen-bond acceptors (Lipinski definition) is 3. The quantitative estimate of drug-likeness (QED) is 0.806. The number of alkyl halides is 3. The Balaban J connectivity index is 2.24.